The molecule has 0 aromatic heterocycles. The molecule has 0 saturated heterocycles. The fraction of sp³-hybridized carbons (Fsp3) is 0.673. The van der Waals surface area contributed by atoms with Gasteiger partial charge in [-0.1, -0.05) is 189 Å². The highest BCUT2D eigenvalue weighted by molar-refractivity contribution is 5.70. The molecule has 0 bridgehead atoms. The topological polar surface area (TPSA) is 61.8 Å². The van der Waals surface area contributed by atoms with Gasteiger partial charge < -0.3 is 14.2 Å². The van der Waals surface area contributed by atoms with Gasteiger partial charge in [0.1, 0.15) is 6.61 Å². The molecule has 0 N–H and O–H groups in total. The zero-order valence-corrected chi connectivity index (χ0v) is 39.2. The van der Waals surface area contributed by atoms with Crippen molar-refractivity contribution in [2.24, 2.45) is 0 Å². The first-order valence-electron chi connectivity index (χ1n) is 24.8. The van der Waals surface area contributed by atoms with Crippen molar-refractivity contribution in [3.8, 4) is 0 Å². The monoisotopic (exact) mass is 833 g/mol. The maximum Gasteiger partial charge on any atom is 0.306 e. The molecule has 0 aromatic carbocycles. The highest BCUT2D eigenvalue weighted by Gasteiger charge is 2.17. The number of carbonyl (C=O) groups is 2. The third-order valence-electron chi connectivity index (χ3n) is 10.1. The summed E-state index contributed by atoms with van der Waals surface area (Å²) in [4.78, 5) is 25.3. The van der Waals surface area contributed by atoms with Crippen molar-refractivity contribution in [2.75, 3.05) is 19.8 Å². The van der Waals surface area contributed by atoms with Gasteiger partial charge >= 0.3 is 11.9 Å². The minimum atomic E-state index is -0.564. The van der Waals surface area contributed by atoms with Gasteiger partial charge in [0.05, 0.1) is 6.61 Å². The lowest BCUT2D eigenvalue weighted by molar-refractivity contribution is -0.163. The van der Waals surface area contributed by atoms with Gasteiger partial charge in [-0.2, -0.15) is 0 Å². The quantitative estimate of drug-likeness (QED) is 0.0348. The number of allylic oxidation sites excluding steroid dienone is 16. The molecule has 0 radical (unpaired) electrons. The van der Waals surface area contributed by atoms with Crippen molar-refractivity contribution in [3.63, 3.8) is 0 Å². The fourth-order valence-corrected chi connectivity index (χ4v) is 6.44. The van der Waals surface area contributed by atoms with E-state index in [1.807, 2.05) is 0 Å². The maximum atomic E-state index is 12.7. The summed E-state index contributed by atoms with van der Waals surface area (Å²) < 4.78 is 17.3. The summed E-state index contributed by atoms with van der Waals surface area (Å²) in [5.74, 6) is -0.455. The van der Waals surface area contributed by atoms with Crippen molar-refractivity contribution in [2.45, 2.75) is 219 Å². The number of hydrogen-bond acceptors (Lipinski definition) is 5. The average Bonchev–Trinajstić information content (AvgIpc) is 3.25. The summed E-state index contributed by atoms with van der Waals surface area (Å²) in [5.41, 5.74) is 0. The molecule has 0 saturated carbocycles. The summed E-state index contributed by atoms with van der Waals surface area (Å²) >= 11 is 0. The largest absolute Gasteiger partial charge is 0.462 e. The number of hydrogen-bond donors (Lipinski definition) is 0. The molecule has 0 spiro atoms. The average molecular weight is 833 g/mol. The third-order valence-corrected chi connectivity index (χ3v) is 10.1. The van der Waals surface area contributed by atoms with Crippen molar-refractivity contribution >= 4 is 11.9 Å². The van der Waals surface area contributed by atoms with Gasteiger partial charge in [0.2, 0.25) is 0 Å². The van der Waals surface area contributed by atoms with Crippen molar-refractivity contribution in [1.82, 2.24) is 0 Å². The van der Waals surface area contributed by atoms with Crippen LogP contribution in [0.1, 0.15) is 213 Å². The van der Waals surface area contributed by atoms with Gasteiger partial charge in [0.25, 0.3) is 0 Å². The molecule has 0 aromatic rings. The van der Waals surface area contributed by atoms with Gasteiger partial charge in [0.15, 0.2) is 6.10 Å². The van der Waals surface area contributed by atoms with E-state index in [2.05, 4.69) is 118 Å². The van der Waals surface area contributed by atoms with Crippen LogP contribution in [0.25, 0.3) is 0 Å². The van der Waals surface area contributed by atoms with Crippen LogP contribution in [0, 0.1) is 0 Å². The molecule has 0 rings (SSSR count). The third kappa shape index (κ3) is 47.5. The van der Waals surface area contributed by atoms with Crippen LogP contribution < -0.4 is 0 Å². The van der Waals surface area contributed by atoms with E-state index < -0.39 is 6.10 Å². The molecule has 0 amide bonds. The molecule has 342 valence electrons. The summed E-state index contributed by atoms with van der Waals surface area (Å²) in [7, 11) is 0. The lowest BCUT2D eigenvalue weighted by atomic mass is 10.1. The van der Waals surface area contributed by atoms with Gasteiger partial charge in [0, 0.05) is 19.4 Å². The normalized spacial score (nSPS) is 13.1. The molecular weight excluding hydrogens is 741 g/mol. The van der Waals surface area contributed by atoms with Crippen LogP contribution in [0.5, 0.6) is 0 Å². The van der Waals surface area contributed by atoms with Crippen molar-refractivity contribution < 1.29 is 23.8 Å². The Morgan fingerprint density at radius 2 is 0.750 bits per heavy atom. The Morgan fingerprint density at radius 1 is 0.383 bits per heavy atom. The first-order chi connectivity index (χ1) is 29.6. The first kappa shape index (κ1) is 56.8. The van der Waals surface area contributed by atoms with Gasteiger partial charge in [-0.25, -0.2) is 0 Å². The molecular formula is C55H92O5. The van der Waals surface area contributed by atoms with E-state index >= 15 is 0 Å². The fourth-order valence-electron chi connectivity index (χ4n) is 6.44. The molecule has 1 atom stereocenters. The highest BCUT2D eigenvalue weighted by atomic mass is 16.6. The Labute approximate surface area is 371 Å². The van der Waals surface area contributed by atoms with E-state index in [-0.39, 0.29) is 25.2 Å². The Kier molecular flexibility index (Phi) is 47.5. The van der Waals surface area contributed by atoms with Crippen LogP contribution in [0.4, 0.5) is 0 Å². The van der Waals surface area contributed by atoms with E-state index in [1.165, 1.54) is 70.6 Å². The van der Waals surface area contributed by atoms with E-state index in [4.69, 9.17) is 14.2 Å². The molecule has 0 fully saturated rings. The number of rotatable bonds is 44. The second-order valence-electron chi connectivity index (χ2n) is 15.9. The summed E-state index contributed by atoms with van der Waals surface area (Å²) in [5, 5.41) is 0. The van der Waals surface area contributed by atoms with E-state index in [0.29, 0.717) is 19.4 Å². The molecule has 60 heavy (non-hydrogen) atoms. The van der Waals surface area contributed by atoms with Gasteiger partial charge in [-0.05, 0) is 109 Å². The van der Waals surface area contributed by atoms with Crippen LogP contribution in [-0.4, -0.2) is 37.9 Å². The van der Waals surface area contributed by atoms with Gasteiger partial charge in [-0.3, -0.25) is 9.59 Å². The molecule has 1 unspecified atom stereocenters. The van der Waals surface area contributed by atoms with Crippen molar-refractivity contribution in [3.05, 3.63) is 97.2 Å². The number of unbranched alkanes of at least 4 members (excludes halogenated alkanes) is 17. The molecule has 0 aliphatic heterocycles. The van der Waals surface area contributed by atoms with E-state index in [0.717, 1.165) is 109 Å². The second-order valence-corrected chi connectivity index (χ2v) is 15.9. The Morgan fingerprint density at radius 3 is 1.23 bits per heavy atom. The summed E-state index contributed by atoms with van der Waals surface area (Å²) in [6.45, 7) is 7.50. The predicted molar refractivity (Wildman–Crippen MR) is 260 cm³/mol. The van der Waals surface area contributed by atoms with Crippen LogP contribution in [-0.2, 0) is 23.8 Å². The van der Waals surface area contributed by atoms with Crippen LogP contribution >= 0.6 is 0 Å². The SMILES string of the molecule is CC/C=C\C/C=C\C/C=C\C/C=C\CCCCCCCCC(=O)OCC(COCCCCCCCC/C=C\CCCC)OC(=O)CCCCC/C=C\C/C=C\C/C=C\CC. The molecule has 5 nitrogen and oxygen atoms in total. The van der Waals surface area contributed by atoms with Gasteiger partial charge in [-0.15, -0.1) is 0 Å². The lowest BCUT2D eigenvalue weighted by Crippen LogP contribution is -2.30. The lowest BCUT2D eigenvalue weighted by Gasteiger charge is -2.18. The molecule has 5 heteroatoms. The first-order valence-corrected chi connectivity index (χ1v) is 24.8. The number of carbonyl (C=O) groups excluding carboxylic acids is 2. The highest BCUT2D eigenvalue weighted by Crippen LogP contribution is 2.12. The number of ether oxygens (including phenoxy) is 3. The van der Waals surface area contributed by atoms with Crippen LogP contribution in [0.15, 0.2) is 97.2 Å². The Hall–Kier alpha value is -3.18. The summed E-state index contributed by atoms with van der Waals surface area (Å²) in [6.07, 6.45) is 67.0. The zero-order chi connectivity index (χ0) is 43.5. The smallest absolute Gasteiger partial charge is 0.306 e. The number of esters is 2. The predicted octanol–water partition coefficient (Wildman–Crippen LogP) is 16.7. The van der Waals surface area contributed by atoms with E-state index in [1.54, 1.807) is 0 Å². The van der Waals surface area contributed by atoms with Crippen molar-refractivity contribution in [1.29, 1.82) is 0 Å². The summed E-state index contributed by atoms with van der Waals surface area (Å²) in [6, 6.07) is 0. The Balaban J connectivity index is 4.32. The minimum Gasteiger partial charge on any atom is -0.462 e. The van der Waals surface area contributed by atoms with E-state index in [9.17, 15) is 9.59 Å². The van der Waals surface area contributed by atoms with Crippen LogP contribution in [0.2, 0.25) is 0 Å². The molecule has 0 aliphatic carbocycles. The second kappa shape index (κ2) is 50.2. The molecule has 0 aliphatic rings. The maximum absolute atomic E-state index is 12.7. The zero-order valence-electron chi connectivity index (χ0n) is 39.2. The minimum absolute atomic E-state index is 0.0584. The molecule has 0 heterocycles. The van der Waals surface area contributed by atoms with Crippen LogP contribution in [0.3, 0.4) is 0 Å². The Bertz CT molecular complexity index is 1170. The standard InChI is InChI=1S/C55H92O5/c1-4-7-10-13-16-19-22-25-26-27-28-29-30-32-33-36-39-42-45-48-54(56)59-52-53(51-58-50-47-44-41-38-35-24-21-18-15-12-9-6-3)60-55(57)49-46-43-40-37-34-31-23-20-17-14-11-8-5-2/h7-8,10-11,15-20,25-26,28-29,31,34,53H,4-6,9,12-14,21-24,27,30,32-33,35-52H2,1-3H3/b10-7-,11-8-,18-15-,19-16-,20-17-,26-25-,29-28-,34-31-.